The normalized spacial score (nSPS) is 16.7. The van der Waals surface area contributed by atoms with Gasteiger partial charge in [0, 0.05) is 31.2 Å². The lowest BCUT2D eigenvalue weighted by Crippen LogP contribution is -2.37. The number of hydroxylamine groups is 1. The second kappa shape index (κ2) is 11.0. The van der Waals surface area contributed by atoms with Crippen LogP contribution in [0.25, 0.3) is 0 Å². The number of hydrogen-bond donors (Lipinski definition) is 1. The summed E-state index contributed by atoms with van der Waals surface area (Å²) in [6, 6.07) is 4.57. The molecule has 0 aliphatic carbocycles. The molecule has 1 amide bonds. The molecule has 1 unspecified atom stereocenters. The van der Waals surface area contributed by atoms with Crippen LogP contribution >= 0.6 is 0 Å². The standard InChI is InChI=1S/C22H23F5N2O5S/c1-12(2)29(35(31,32)21-19(26)17(24)16(23)18(25)20(21)27)11-13-6-8-14(9-7-13)22(30)28-34-15-5-3-4-10-33-15/h6-9,12,15H,3-5,10-11H2,1-2H3,(H,28,30). The van der Waals surface area contributed by atoms with Crippen LogP contribution in [0, 0.1) is 29.1 Å². The fraction of sp³-hybridized carbons (Fsp3) is 0.409. The minimum atomic E-state index is -5.15. The third kappa shape index (κ3) is 5.80. The molecule has 1 saturated heterocycles. The van der Waals surface area contributed by atoms with Gasteiger partial charge >= 0.3 is 0 Å². The number of nitrogens with zero attached hydrogens (tertiary/aromatic N) is 1. The van der Waals surface area contributed by atoms with Gasteiger partial charge in [0.1, 0.15) is 0 Å². The first-order chi connectivity index (χ1) is 16.4. The Balaban J connectivity index is 1.79. The molecule has 0 spiro atoms. The van der Waals surface area contributed by atoms with Crippen LogP contribution in [-0.4, -0.2) is 37.6 Å². The fourth-order valence-electron chi connectivity index (χ4n) is 3.40. The van der Waals surface area contributed by atoms with Gasteiger partial charge in [-0.05, 0) is 44.4 Å². The van der Waals surface area contributed by atoms with Crippen molar-refractivity contribution < 1.29 is 44.7 Å². The molecule has 0 bridgehead atoms. The number of hydrogen-bond acceptors (Lipinski definition) is 5. The molecular formula is C22H23F5N2O5S. The van der Waals surface area contributed by atoms with Crippen molar-refractivity contribution >= 4 is 15.9 Å². The third-order valence-corrected chi connectivity index (χ3v) is 7.33. The SMILES string of the molecule is CC(C)N(Cc1ccc(C(=O)NOC2CCCCO2)cc1)S(=O)(=O)c1c(F)c(F)c(F)c(F)c1F. The Morgan fingerprint density at radius 2 is 1.60 bits per heavy atom. The molecule has 1 aliphatic heterocycles. The predicted molar refractivity (Wildman–Crippen MR) is 113 cm³/mol. The lowest BCUT2D eigenvalue weighted by Gasteiger charge is -2.26. The van der Waals surface area contributed by atoms with E-state index in [-0.39, 0.29) is 5.56 Å². The molecule has 192 valence electrons. The summed E-state index contributed by atoms with van der Waals surface area (Å²) < 4.78 is 101. The third-order valence-electron chi connectivity index (χ3n) is 5.29. The molecule has 0 aromatic heterocycles. The smallest absolute Gasteiger partial charge is 0.274 e. The van der Waals surface area contributed by atoms with E-state index in [0.29, 0.717) is 22.9 Å². The van der Waals surface area contributed by atoms with Gasteiger partial charge in [-0.25, -0.2) is 40.7 Å². The average molecular weight is 522 g/mol. The highest BCUT2D eigenvalue weighted by molar-refractivity contribution is 7.89. The number of nitrogens with one attached hydrogen (secondary N) is 1. The zero-order valence-electron chi connectivity index (χ0n) is 18.8. The van der Waals surface area contributed by atoms with Crippen LogP contribution in [0.5, 0.6) is 0 Å². The van der Waals surface area contributed by atoms with E-state index in [1.165, 1.54) is 38.1 Å². The molecule has 2 aromatic rings. The summed E-state index contributed by atoms with van der Waals surface area (Å²) in [5.74, 6) is -12.6. The topological polar surface area (TPSA) is 84.9 Å². The zero-order valence-corrected chi connectivity index (χ0v) is 19.6. The summed E-state index contributed by atoms with van der Waals surface area (Å²) in [6.07, 6.45) is 1.87. The summed E-state index contributed by atoms with van der Waals surface area (Å²) in [6.45, 7) is 2.80. The molecule has 1 atom stereocenters. The van der Waals surface area contributed by atoms with Gasteiger partial charge in [0.05, 0.1) is 0 Å². The van der Waals surface area contributed by atoms with E-state index in [0.717, 1.165) is 12.8 Å². The number of halogens is 5. The lowest BCUT2D eigenvalue weighted by molar-refractivity contribution is -0.186. The van der Waals surface area contributed by atoms with E-state index < -0.39 is 68.8 Å². The van der Waals surface area contributed by atoms with Crippen LogP contribution in [0.2, 0.25) is 0 Å². The molecule has 1 aliphatic rings. The van der Waals surface area contributed by atoms with E-state index in [4.69, 9.17) is 9.57 Å². The Labute approximate surface area is 198 Å². The van der Waals surface area contributed by atoms with Gasteiger partial charge < -0.3 is 4.74 Å². The fourth-order valence-corrected chi connectivity index (χ4v) is 5.14. The first kappa shape index (κ1) is 27.0. The summed E-state index contributed by atoms with van der Waals surface area (Å²) in [7, 11) is -5.15. The summed E-state index contributed by atoms with van der Waals surface area (Å²) in [5, 5.41) is 0. The monoisotopic (exact) mass is 522 g/mol. The molecule has 1 fully saturated rings. The molecule has 35 heavy (non-hydrogen) atoms. The maximum absolute atomic E-state index is 14.2. The van der Waals surface area contributed by atoms with Gasteiger partial charge in [-0.15, -0.1) is 0 Å². The van der Waals surface area contributed by atoms with E-state index >= 15 is 0 Å². The Hall–Kier alpha value is -2.61. The minimum absolute atomic E-state index is 0.170. The van der Waals surface area contributed by atoms with Crippen LogP contribution < -0.4 is 5.48 Å². The van der Waals surface area contributed by atoms with Gasteiger partial charge in [0.15, 0.2) is 34.5 Å². The Morgan fingerprint density at radius 3 is 2.11 bits per heavy atom. The average Bonchev–Trinajstić information content (AvgIpc) is 2.84. The van der Waals surface area contributed by atoms with Gasteiger partial charge in [-0.2, -0.15) is 4.31 Å². The number of rotatable bonds is 8. The first-order valence-electron chi connectivity index (χ1n) is 10.6. The van der Waals surface area contributed by atoms with Crippen molar-refractivity contribution in [3.8, 4) is 0 Å². The quantitative estimate of drug-likeness (QED) is 0.244. The van der Waals surface area contributed by atoms with Crippen LogP contribution in [-0.2, 0) is 26.1 Å². The van der Waals surface area contributed by atoms with Crippen LogP contribution in [0.15, 0.2) is 29.2 Å². The van der Waals surface area contributed by atoms with E-state index in [9.17, 15) is 35.2 Å². The Morgan fingerprint density at radius 1 is 1.03 bits per heavy atom. The van der Waals surface area contributed by atoms with Crippen molar-refractivity contribution in [2.45, 2.75) is 56.9 Å². The number of sulfonamides is 1. The van der Waals surface area contributed by atoms with Crippen LogP contribution in [0.1, 0.15) is 49.0 Å². The van der Waals surface area contributed by atoms with Gasteiger partial charge in [-0.3, -0.25) is 4.79 Å². The van der Waals surface area contributed by atoms with Crippen molar-refractivity contribution in [3.63, 3.8) is 0 Å². The highest BCUT2D eigenvalue weighted by Gasteiger charge is 2.38. The predicted octanol–water partition coefficient (Wildman–Crippen LogP) is 4.17. The van der Waals surface area contributed by atoms with Crippen molar-refractivity contribution in [3.05, 3.63) is 64.5 Å². The number of benzene rings is 2. The van der Waals surface area contributed by atoms with E-state index in [1.54, 1.807) is 0 Å². The molecule has 7 nitrogen and oxygen atoms in total. The second-order valence-electron chi connectivity index (χ2n) is 8.09. The van der Waals surface area contributed by atoms with Crippen molar-refractivity contribution in [1.29, 1.82) is 0 Å². The van der Waals surface area contributed by atoms with Crippen LogP contribution in [0.3, 0.4) is 0 Å². The largest absolute Gasteiger partial charge is 0.350 e. The molecule has 1 N–H and O–H groups in total. The maximum atomic E-state index is 14.2. The lowest BCUT2D eigenvalue weighted by atomic mass is 10.1. The Bertz CT molecular complexity index is 1160. The highest BCUT2D eigenvalue weighted by Crippen LogP contribution is 2.30. The minimum Gasteiger partial charge on any atom is -0.350 e. The summed E-state index contributed by atoms with van der Waals surface area (Å²) in [5.41, 5.74) is 2.73. The van der Waals surface area contributed by atoms with Gasteiger partial charge in [0.2, 0.25) is 15.8 Å². The number of amides is 1. The first-order valence-corrected chi connectivity index (χ1v) is 12.1. The maximum Gasteiger partial charge on any atom is 0.274 e. The number of carbonyl (C=O) groups is 1. The molecule has 13 heteroatoms. The van der Waals surface area contributed by atoms with E-state index in [2.05, 4.69) is 5.48 Å². The molecular weight excluding hydrogens is 499 g/mol. The van der Waals surface area contributed by atoms with Crippen molar-refractivity contribution in [2.75, 3.05) is 6.61 Å². The molecule has 2 aromatic carbocycles. The van der Waals surface area contributed by atoms with Crippen molar-refractivity contribution in [2.24, 2.45) is 0 Å². The van der Waals surface area contributed by atoms with E-state index in [1.807, 2.05) is 0 Å². The summed E-state index contributed by atoms with van der Waals surface area (Å²) in [4.78, 5) is 15.5. The number of carbonyl (C=O) groups excluding carboxylic acids is 1. The Kier molecular flexibility index (Phi) is 8.46. The second-order valence-corrected chi connectivity index (χ2v) is 9.91. The van der Waals surface area contributed by atoms with Gasteiger partial charge in [-0.1, -0.05) is 12.1 Å². The van der Waals surface area contributed by atoms with Crippen LogP contribution in [0.4, 0.5) is 22.0 Å². The highest BCUT2D eigenvalue weighted by atomic mass is 32.2. The summed E-state index contributed by atoms with van der Waals surface area (Å²) >= 11 is 0. The van der Waals surface area contributed by atoms with Crippen molar-refractivity contribution in [1.82, 2.24) is 9.79 Å². The molecule has 0 saturated carbocycles. The molecule has 3 rings (SSSR count). The number of ether oxygens (including phenoxy) is 1. The zero-order chi connectivity index (χ0) is 25.9. The molecule has 1 heterocycles. The van der Waals surface area contributed by atoms with Gasteiger partial charge in [0.25, 0.3) is 5.91 Å². The molecule has 0 radical (unpaired) electrons.